The van der Waals surface area contributed by atoms with Crippen molar-refractivity contribution in [3.63, 3.8) is 0 Å². The zero-order valence-electron chi connectivity index (χ0n) is 21.6. The molecule has 0 saturated heterocycles. The number of anilines is 2. The van der Waals surface area contributed by atoms with Crippen LogP contribution in [0.15, 0.2) is 146 Å². The van der Waals surface area contributed by atoms with Gasteiger partial charge in [-0.2, -0.15) is 5.10 Å². The Balaban J connectivity index is 1.27. The molecule has 0 spiro atoms. The molecular formula is C35H25N5. The second-order valence-electron chi connectivity index (χ2n) is 9.52. The lowest BCUT2D eigenvalue weighted by Gasteiger charge is -2.14. The summed E-state index contributed by atoms with van der Waals surface area (Å²) in [5, 5.41) is 9.69. The van der Waals surface area contributed by atoms with Gasteiger partial charge in [-0.3, -0.25) is 4.98 Å². The van der Waals surface area contributed by atoms with Gasteiger partial charge in [-0.25, -0.2) is 9.67 Å². The highest BCUT2D eigenvalue weighted by atomic mass is 15.3. The summed E-state index contributed by atoms with van der Waals surface area (Å²) in [5.74, 6) is 0.731. The van der Waals surface area contributed by atoms with E-state index in [0.29, 0.717) is 0 Å². The van der Waals surface area contributed by atoms with Crippen LogP contribution in [-0.4, -0.2) is 19.7 Å². The molecule has 0 amide bonds. The minimum absolute atomic E-state index is 0.731. The Morgan fingerprint density at radius 1 is 0.550 bits per heavy atom. The standard InChI is InChI=1S/C35H25N5/c1-3-11-25(12-4-1)27-20-22-36-32(23-27)30-17-10-21-37-35(30)38-31-18-7-8-19-33(31)40-24-28-15-9-16-29(34(28)39-40)26-13-5-2-6-14-26/h1-24H,(H,37,38). The fourth-order valence-electron chi connectivity index (χ4n) is 5.03. The Labute approximate surface area is 232 Å². The predicted octanol–water partition coefficient (Wildman–Crippen LogP) is 8.56. The van der Waals surface area contributed by atoms with Gasteiger partial charge in [0.2, 0.25) is 0 Å². The molecule has 0 fully saturated rings. The van der Waals surface area contributed by atoms with Crippen molar-refractivity contribution in [3.05, 3.63) is 146 Å². The third-order valence-corrected chi connectivity index (χ3v) is 6.98. The minimum Gasteiger partial charge on any atom is -0.338 e. The molecular weight excluding hydrogens is 490 g/mol. The number of fused-ring (bicyclic) bond motifs is 1. The molecule has 40 heavy (non-hydrogen) atoms. The van der Waals surface area contributed by atoms with Gasteiger partial charge in [0.25, 0.3) is 0 Å². The van der Waals surface area contributed by atoms with E-state index in [1.807, 2.05) is 71.5 Å². The van der Waals surface area contributed by atoms with E-state index in [-0.39, 0.29) is 0 Å². The van der Waals surface area contributed by atoms with Crippen molar-refractivity contribution < 1.29 is 0 Å². The van der Waals surface area contributed by atoms with Crippen LogP contribution in [0.3, 0.4) is 0 Å². The van der Waals surface area contributed by atoms with Crippen molar-refractivity contribution in [1.29, 1.82) is 0 Å². The lowest BCUT2D eigenvalue weighted by Crippen LogP contribution is -2.03. The summed E-state index contributed by atoms with van der Waals surface area (Å²) in [5.41, 5.74) is 9.08. The number of pyridine rings is 2. The third-order valence-electron chi connectivity index (χ3n) is 6.98. The Bertz CT molecular complexity index is 1930. The van der Waals surface area contributed by atoms with Crippen LogP contribution in [0.25, 0.3) is 50.1 Å². The van der Waals surface area contributed by atoms with Crippen LogP contribution >= 0.6 is 0 Å². The summed E-state index contributed by atoms with van der Waals surface area (Å²) in [6.07, 6.45) is 5.72. The van der Waals surface area contributed by atoms with Crippen molar-refractivity contribution >= 4 is 22.4 Å². The molecule has 5 heteroatoms. The molecule has 3 aromatic heterocycles. The van der Waals surface area contributed by atoms with Gasteiger partial charge < -0.3 is 5.32 Å². The summed E-state index contributed by atoms with van der Waals surface area (Å²) in [7, 11) is 0. The zero-order valence-corrected chi connectivity index (χ0v) is 21.6. The predicted molar refractivity (Wildman–Crippen MR) is 163 cm³/mol. The van der Waals surface area contributed by atoms with Crippen LogP contribution < -0.4 is 5.32 Å². The van der Waals surface area contributed by atoms with Crippen LogP contribution in [0.5, 0.6) is 0 Å². The van der Waals surface area contributed by atoms with E-state index in [4.69, 9.17) is 10.1 Å². The molecule has 1 N–H and O–H groups in total. The maximum Gasteiger partial charge on any atom is 0.139 e. The van der Waals surface area contributed by atoms with Crippen molar-refractivity contribution in [2.45, 2.75) is 0 Å². The maximum atomic E-state index is 5.03. The fourth-order valence-corrected chi connectivity index (χ4v) is 5.03. The van der Waals surface area contributed by atoms with Crippen LogP contribution in [0.2, 0.25) is 0 Å². The first-order chi connectivity index (χ1) is 19.8. The van der Waals surface area contributed by atoms with E-state index in [1.54, 1.807) is 6.20 Å². The maximum absolute atomic E-state index is 5.03. The molecule has 3 heterocycles. The molecule has 0 atom stereocenters. The number of benzene rings is 4. The monoisotopic (exact) mass is 515 g/mol. The van der Waals surface area contributed by atoms with E-state index in [2.05, 4.69) is 83.2 Å². The van der Waals surface area contributed by atoms with E-state index >= 15 is 0 Å². The minimum atomic E-state index is 0.731. The average molecular weight is 516 g/mol. The van der Waals surface area contributed by atoms with E-state index in [1.165, 1.54) is 0 Å². The molecule has 4 aromatic carbocycles. The number of nitrogens with one attached hydrogen (secondary N) is 1. The molecule has 7 rings (SSSR count). The number of hydrogen-bond donors (Lipinski definition) is 1. The molecule has 0 aliphatic carbocycles. The summed E-state index contributed by atoms with van der Waals surface area (Å²) < 4.78 is 1.94. The summed E-state index contributed by atoms with van der Waals surface area (Å²) >= 11 is 0. The molecule has 0 aliphatic rings. The van der Waals surface area contributed by atoms with Crippen molar-refractivity contribution in [2.75, 3.05) is 5.32 Å². The average Bonchev–Trinajstić information content (AvgIpc) is 3.47. The number of hydrogen-bond acceptors (Lipinski definition) is 4. The second-order valence-corrected chi connectivity index (χ2v) is 9.52. The van der Waals surface area contributed by atoms with Gasteiger partial charge in [-0.1, -0.05) is 91.0 Å². The Kier molecular flexibility index (Phi) is 6.07. The Morgan fingerprint density at radius 2 is 1.30 bits per heavy atom. The van der Waals surface area contributed by atoms with E-state index < -0.39 is 0 Å². The quantitative estimate of drug-likeness (QED) is 0.241. The molecule has 190 valence electrons. The Hall–Kier alpha value is -5.55. The highest BCUT2D eigenvalue weighted by molar-refractivity contribution is 5.94. The number of rotatable bonds is 6. The lowest BCUT2D eigenvalue weighted by atomic mass is 10.0. The molecule has 0 saturated carbocycles. The first-order valence-corrected chi connectivity index (χ1v) is 13.2. The van der Waals surface area contributed by atoms with Crippen molar-refractivity contribution in [3.8, 4) is 39.2 Å². The first kappa shape index (κ1) is 23.6. The smallest absolute Gasteiger partial charge is 0.139 e. The summed E-state index contributed by atoms with van der Waals surface area (Å²) in [6.45, 7) is 0. The highest BCUT2D eigenvalue weighted by Crippen LogP contribution is 2.33. The van der Waals surface area contributed by atoms with Gasteiger partial charge in [0, 0.05) is 35.1 Å². The molecule has 0 unspecified atom stereocenters. The van der Waals surface area contributed by atoms with Crippen molar-refractivity contribution in [1.82, 2.24) is 19.7 Å². The van der Waals surface area contributed by atoms with E-state index in [9.17, 15) is 0 Å². The molecule has 0 bridgehead atoms. The number of nitrogens with zero attached hydrogens (tertiary/aromatic N) is 4. The topological polar surface area (TPSA) is 55.6 Å². The third kappa shape index (κ3) is 4.50. The Morgan fingerprint density at radius 3 is 2.15 bits per heavy atom. The number of aromatic nitrogens is 4. The number of para-hydroxylation sites is 2. The first-order valence-electron chi connectivity index (χ1n) is 13.2. The summed E-state index contributed by atoms with van der Waals surface area (Å²) in [6, 6.07) is 43.3. The van der Waals surface area contributed by atoms with Crippen LogP contribution in [-0.2, 0) is 0 Å². The van der Waals surface area contributed by atoms with Gasteiger partial charge in [-0.15, -0.1) is 0 Å². The van der Waals surface area contributed by atoms with Gasteiger partial charge in [0.15, 0.2) is 0 Å². The largest absolute Gasteiger partial charge is 0.338 e. The van der Waals surface area contributed by atoms with Gasteiger partial charge in [0.1, 0.15) is 11.3 Å². The van der Waals surface area contributed by atoms with Crippen LogP contribution in [0.1, 0.15) is 0 Å². The second kappa shape index (κ2) is 10.3. The van der Waals surface area contributed by atoms with Gasteiger partial charge in [-0.05, 0) is 53.1 Å². The van der Waals surface area contributed by atoms with Crippen LogP contribution in [0.4, 0.5) is 11.5 Å². The van der Waals surface area contributed by atoms with Crippen molar-refractivity contribution in [2.24, 2.45) is 0 Å². The SMILES string of the molecule is c1ccc(-c2ccnc(-c3cccnc3Nc3ccccc3-n3cc4cccc(-c5ccccc5)c4n3)c2)cc1. The molecule has 0 aliphatic heterocycles. The van der Waals surface area contributed by atoms with E-state index in [0.717, 1.165) is 61.6 Å². The lowest BCUT2D eigenvalue weighted by molar-refractivity contribution is 0.898. The fraction of sp³-hybridized carbons (Fsp3) is 0. The van der Waals surface area contributed by atoms with Crippen LogP contribution in [0, 0.1) is 0 Å². The molecule has 0 radical (unpaired) electrons. The summed E-state index contributed by atoms with van der Waals surface area (Å²) in [4.78, 5) is 9.39. The van der Waals surface area contributed by atoms with Gasteiger partial charge >= 0.3 is 0 Å². The normalized spacial score (nSPS) is 11.0. The zero-order chi connectivity index (χ0) is 26.7. The molecule has 5 nitrogen and oxygen atoms in total. The highest BCUT2D eigenvalue weighted by Gasteiger charge is 2.14. The van der Waals surface area contributed by atoms with Gasteiger partial charge in [0.05, 0.1) is 17.1 Å². The molecule has 7 aromatic rings.